The number of fused-ring (bicyclic) bond motifs is 2. The number of anilines is 1. The number of carbonyl (C=O) groups excluding carboxylic acids is 3. The van der Waals surface area contributed by atoms with Crippen molar-refractivity contribution in [3.8, 4) is 11.8 Å². The zero-order chi connectivity index (χ0) is 28.2. The number of carbonyl (C=O) groups is 3. The predicted molar refractivity (Wildman–Crippen MR) is 149 cm³/mol. The molecule has 0 bridgehead atoms. The van der Waals surface area contributed by atoms with Crippen molar-refractivity contribution in [1.82, 2.24) is 15.2 Å². The first-order chi connectivity index (χ1) is 18.5. The number of ether oxygens (including phenoxy) is 1. The third kappa shape index (κ3) is 7.05. The van der Waals surface area contributed by atoms with Crippen LogP contribution in [-0.4, -0.2) is 47.0 Å². The Morgan fingerprint density at radius 3 is 2.85 bits per heavy atom. The molecule has 3 heterocycles. The minimum absolute atomic E-state index is 0.0367. The Hall–Kier alpha value is -4.58. The number of rotatable bonds is 5. The van der Waals surface area contributed by atoms with Crippen LogP contribution in [0.15, 0.2) is 41.0 Å². The first-order valence-corrected chi connectivity index (χ1v) is 12.7. The normalized spacial score (nSPS) is 12.9. The fourth-order valence-corrected chi connectivity index (χ4v) is 4.13. The first kappa shape index (κ1) is 27.5. The third-order valence-electron chi connectivity index (χ3n) is 6.04. The van der Waals surface area contributed by atoms with E-state index in [4.69, 9.17) is 9.15 Å². The number of aryl methyl sites for hydroxylation is 2. The molecule has 0 fully saturated rings. The number of alkyl carbamates (subject to hydrolysis) is 1. The fraction of sp³-hybridized carbons (Fsp3) is 0.333. The topological polar surface area (TPSA) is 114 Å². The van der Waals surface area contributed by atoms with Gasteiger partial charge in [0.15, 0.2) is 0 Å². The highest BCUT2D eigenvalue weighted by molar-refractivity contribution is 5.94. The lowest BCUT2D eigenvalue weighted by atomic mass is 10.0. The van der Waals surface area contributed by atoms with Crippen LogP contribution in [0, 0.1) is 18.8 Å². The molecule has 202 valence electrons. The highest BCUT2D eigenvalue weighted by Gasteiger charge is 2.18. The summed E-state index contributed by atoms with van der Waals surface area (Å²) < 4.78 is 11.3. The molecule has 1 aromatic carbocycles. The van der Waals surface area contributed by atoms with E-state index in [2.05, 4.69) is 27.5 Å². The smallest absolute Gasteiger partial charge is 0.408 e. The molecule has 3 amide bonds. The van der Waals surface area contributed by atoms with E-state index >= 15 is 0 Å². The molecule has 0 aliphatic carbocycles. The summed E-state index contributed by atoms with van der Waals surface area (Å²) in [6.07, 6.45) is 5.38. The van der Waals surface area contributed by atoms with E-state index in [1.807, 2.05) is 31.2 Å². The first-order valence-electron chi connectivity index (χ1n) is 12.7. The summed E-state index contributed by atoms with van der Waals surface area (Å²) in [5, 5.41) is 6.26. The Balaban J connectivity index is 1.42. The lowest BCUT2D eigenvalue weighted by Crippen LogP contribution is -2.32. The average Bonchev–Trinajstić information content (AvgIpc) is 3.19. The van der Waals surface area contributed by atoms with Crippen LogP contribution in [0.25, 0.3) is 17.0 Å². The number of amides is 3. The van der Waals surface area contributed by atoms with Crippen molar-refractivity contribution < 1.29 is 23.5 Å². The van der Waals surface area contributed by atoms with E-state index in [9.17, 15) is 14.4 Å². The van der Waals surface area contributed by atoms with Gasteiger partial charge in [-0.15, -0.1) is 0 Å². The summed E-state index contributed by atoms with van der Waals surface area (Å²) in [5.74, 6) is 7.08. The van der Waals surface area contributed by atoms with Gasteiger partial charge in [-0.25, -0.2) is 9.78 Å². The van der Waals surface area contributed by atoms with Crippen molar-refractivity contribution in [2.24, 2.45) is 0 Å². The van der Waals surface area contributed by atoms with Crippen molar-refractivity contribution in [1.29, 1.82) is 0 Å². The molecule has 4 rings (SSSR count). The van der Waals surface area contributed by atoms with Crippen LogP contribution in [-0.2, 0) is 27.3 Å². The van der Waals surface area contributed by atoms with Crippen LogP contribution in [0.1, 0.15) is 55.2 Å². The maximum atomic E-state index is 12.8. The number of likely N-dealkylation sites (N-methyl/N-ethyl adjacent to an activating group) is 1. The zero-order valence-corrected chi connectivity index (χ0v) is 22.8. The monoisotopic (exact) mass is 528 g/mol. The molecule has 3 aromatic rings. The molecule has 1 aliphatic heterocycles. The minimum Gasteiger partial charge on any atom is -0.459 e. The second-order valence-corrected chi connectivity index (χ2v) is 10.3. The maximum absolute atomic E-state index is 12.8. The second-order valence-electron chi connectivity index (χ2n) is 10.3. The number of hydrogen-bond acceptors (Lipinski definition) is 6. The Morgan fingerprint density at radius 1 is 1.28 bits per heavy atom. The van der Waals surface area contributed by atoms with Gasteiger partial charge in [-0.3, -0.25) is 9.59 Å². The fourth-order valence-electron chi connectivity index (χ4n) is 4.13. The van der Waals surface area contributed by atoms with Crippen LogP contribution in [0.4, 0.5) is 10.6 Å². The molecule has 39 heavy (non-hydrogen) atoms. The summed E-state index contributed by atoms with van der Waals surface area (Å²) in [6.45, 7) is 7.77. The predicted octanol–water partition coefficient (Wildman–Crippen LogP) is 4.57. The summed E-state index contributed by atoms with van der Waals surface area (Å²) in [4.78, 5) is 42.0. The molecule has 0 radical (unpaired) electrons. The molecule has 0 spiro atoms. The molecule has 0 unspecified atom stereocenters. The quantitative estimate of drug-likeness (QED) is 0.371. The molecule has 0 saturated heterocycles. The molecule has 1 aliphatic rings. The van der Waals surface area contributed by atoms with Crippen LogP contribution in [0.2, 0.25) is 0 Å². The van der Waals surface area contributed by atoms with E-state index in [0.717, 1.165) is 27.6 Å². The lowest BCUT2D eigenvalue weighted by Gasteiger charge is -2.19. The van der Waals surface area contributed by atoms with Gasteiger partial charge in [0, 0.05) is 42.3 Å². The number of aromatic nitrogens is 1. The van der Waals surface area contributed by atoms with Crippen molar-refractivity contribution in [3.63, 3.8) is 0 Å². The SMILES string of the molecule is Cc1c(CN(C)C(=O)/C=C/c2cnc3c(c2)CCC(=O)N3)oc2cccc(C#CCNC(=O)OC(C)(C)C)c12. The summed E-state index contributed by atoms with van der Waals surface area (Å²) in [7, 11) is 1.71. The van der Waals surface area contributed by atoms with Gasteiger partial charge in [-0.05, 0) is 69.5 Å². The second kappa shape index (κ2) is 11.4. The molecule has 2 aromatic heterocycles. The highest BCUT2D eigenvalue weighted by atomic mass is 16.6. The summed E-state index contributed by atoms with van der Waals surface area (Å²) >= 11 is 0. The third-order valence-corrected chi connectivity index (χ3v) is 6.04. The van der Waals surface area contributed by atoms with Gasteiger partial charge in [-0.2, -0.15) is 0 Å². The molecule has 9 heteroatoms. The van der Waals surface area contributed by atoms with Gasteiger partial charge in [0.2, 0.25) is 11.8 Å². The van der Waals surface area contributed by atoms with Gasteiger partial charge in [-0.1, -0.05) is 17.9 Å². The lowest BCUT2D eigenvalue weighted by molar-refractivity contribution is -0.125. The largest absolute Gasteiger partial charge is 0.459 e. The number of hydrogen-bond donors (Lipinski definition) is 2. The summed E-state index contributed by atoms with van der Waals surface area (Å²) in [6, 6.07) is 7.55. The van der Waals surface area contributed by atoms with Crippen LogP contribution >= 0.6 is 0 Å². The van der Waals surface area contributed by atoms with Crippen molar-refractivity contribution in [2.75, 3.05) is 18.9 Å². The molecule has 9 nitrogen and oxygen atoms in total. The average molecular weight is 529 g/mol. The van der Waals surface area contributed by atoms with E-state index in [0.29, 0.717) is 30.0 Å². The number of pyridine rings is 1. The number of furan rings is 1. The molecular formula is C30H32N4O5. The van der Waals surface area contributed by atoms with Crippen LogP contribution < -0.4 is 10.6 Å². The van der Waals surface area contributed by atoms with E-state index in [-0.39, 0.29) is 24.9 Å². The van der Waals surface area contributed by atoms with E-state index < -0.39 is 11.7 Å². The molecule has 2 N–H and O–H groups in total. The maximum Gasteiger partial charge on any atom is 0.408 e. The summed E-state index contributed by atoms with van der Waals surface area (Å²) in [5.41, 5.74) is 3.52. The number of benzene rings is 1. The van der Waals surface area contributed by atoms with Gasteiger partial charge in [0.25, 0.3) is 0 Å². The van der Waals surface area contributed by atoms with Gasteiger partial charge in [0.1, 0.15) is 22.8 Å². The van der Waals surface area contributed by atoms with E-state index in [1.54, 1.807) is 45.0 Å². The number of nitrogens with zero attached hydrogens (tertiary/aromatic N) is 2. The Kier molecular flexibility index (Phi) is 8.05. The van der Waals surface area contributed by atoms with Crippen molar-refractivity contribution in [3.05, 3.63) is 64.6 Å². The zero-order valence-electron chi connectivity index (χ0n) is 22.8. The van der Waals surface area contributed by atoms with Crippen LogP contribution in [0.3, 0.4) is 0 Å². The van der Waals surface area contributed by atoms with Crippen molar-refractivity contribution >= 4 is 40.8 Å². The molecular weight excluding hydrogens is 496 g/mol. The Labute approximate surface area is 227 Å². The van der Waals surface area contributed by atoms with Gasteiger partial charge in [0.05, 0.1) is 13.1 Å². The Morgan fingerprint density at radius 2 is 2.08 bits per heavy atom. The van der Waals surface area contributed by atoms with Gasteiger partial charge < -0.3 is 24.7 Å². The molecule has 0 atom stereocenters. The van der Waals surface area contributed by atoms with Gasteiger partial charge >= 0.3 is 6.09 Å². The minimum atomic E-state index is -0.573. The Bertz CT molecular complexity index is 1520. The molecule has 0 saturated carbocycles. The highest BCUT2D eigenvalue weighted by Crippen LogP contribution is 2.29. The van der Waals surface area contributed by atoms with Crippen molar-refractivity contribution in [2.45, 2.75) is 52.7 Å². The van der Waals surface area contributed by atoms with Crippen LogP contribution in [0.5, 0.6) is 0 Å². The standard InChI is InChI=1S/C30H32N4O5/c1-19-24(18-34(5)26(36)14-11-20-16-22-12-13-25(35)33-28(22)32-17-20)38-23-10-6-8-21(27(19)23)9-7-15-31-29(37)39-30(2,3)4/h6,8,10-11,14,16-17H,12-13,15,18H2,1-5H3,(H,31,37)(H,32,33,35)/b14-11+. The number of nitrogens with one attached hydrogen (secondary N) is 2. The van der Waals surface area contributed by atoms with E-state index in [1.165, 1.54) is 6.08 Å².